The fourth-order valence-electron chi connectivity index (χ4n) is 0.598. The van der Waals surface area contributed by atoms with Crippen LogP contribution in [0.2, 0.25) is 0 Å². The molecule has 0 atom stereocenters. The molecule has 0 fully saturated rings. The van der Waals surface area contributed by atoms with Crippen LogP contribution >= 0.6 is 0 Å². The van der Waals surface area contributed by atoms with Crippen LogP contribution in [-0.4, -0.2) is 17.2 Å². The molecule has 1 aromatic heterocycles. The van der Waals surface area contributed by atoms with Crippen LogP contribution in [0.1, 0.15) is 0 Å². The van der Waals surface area contributed by atoms with Crippen molar-refractivity contribution in [3.63, 3.8) is 0 Å². The summed E-state index contributed by atoms with van der Waals surface area (Å²) in [6.07, 6.45) is 0. The lowest BCUT2D eigenvalue weighted by Crippen LogP contribution is -1.93. The van der Waals surface area contributed by atoms with Crippen molar-refractivity contribution < 1.29 is 9.84 Å². The number of anilines is 1. The second kappa shape index (κ2) is 2.43. The van der Waals surface area contributed by atoms with Crippen molar-refractivity contribution in [3.8, 4) is 11.6 Å². The molecule has 1 heterocycles. The Kier molecular flexibility index (Phi) is 1.62. The fourth-order valence-corrected chi connectivity index (χ4v) is 0.598. The molecular weight excluding hydrogens is 132 g/mol. The number of nitrogen functional groups attached to an aromatic ring is 1. The summed E-state index contributed by atoms with van der Waals surface area (Å²) in [5.74, 6) is 0.478. The maximum absolute atomic E-state index is 8.99. The van der Waals surface area contributed by atoms with E-state index in [4.69, 9.17) is 10.8 Å². The lowest BCUT2D eigenvalue weighted by molar-refractivity contribution is 0.359. The van der Waals surface area contributed by atoms with Gasteiger partial charge in [0.1, 0.15) is 5.82 Å². The highest BCUT2D eigenvalue weighted by atomic mass is 16.5. The van der Waals surface area contributed by atoms with Gasteiger partial charge >= 0.3 is 0 Å². The van der Waals surface area contributed by atoms with Crippen LogP contribution in [0, 0.1) is 0 Å². The minimum Gasteiger partial charge on any atom is -0.503 e. The Morgan fingerprint density at radius 1 is 1.60 bits per heavy atom. The summed E-state index contributed by atoms with van der Waals surface area (Å²) >= 11 is 0. The highest BCUT2D eigenvalue weighted by Crippen LogP contribution is 2.22. The third-order valence-corrected chi connectivity index (χ3v) is 1.06. The first-order valence-electron chi connectivity index (χ1n) is 2.73. The van der Waals surface area contributed by atoms with Crippen LogP contribution in [0.25, 0.3) is 0 Å². The van der Waals surface area contributed by atoms with E-state index in [9.17, 15) is 0 Å². The quantitative estimate of drug-likeness (QED) is 0.591. The number of methoxy groups -OCH3 is 1. The second-order valence-electron chi connectivity index (χ2n) is 1.76. The van der Waals surface area contributed by atoms with Gasteiger partial charge in [0, 0.05) is 0 Å². The number of nitrogens with zero attached hydrogens (tertiary/aromatic N) is 1. The Morgan fingerprint density at radius 3 is 2.80 bits per heavy atom. The van der Waals surface area contributed by atoms with Gasteiger partial charge in [-0.3, -0.25) is 0 Å². The van der Waals surface area contributed by atoms with Crippen LogP contribution in [-0.2, 0) is 0 Å². The third kappa shape index (κ3) is 1.10. The molecule has 1 aromatic rings. The molecule has 0 aliphatic heterocycles. The third-order valence-electron chi connectivity index (χ3n) is 1.06. The van der Waals surface area contributed by atoms with Gasteiger partial charge < -0.3 is 15.6 Å². The predicted octanol–water partition coefficient (Wildman–Crippen LogP) is 0.378. The Morgan fingerprint density at radius 2 is 2.30 bits per heavy atom. The van der Waals surface area contributed by atoms with E-state index in [0.29, 0.717) is 5.82 Å². The van der Waals surface area contributed by atoms with Gasteiger partial charge in [-0.25, -0.2) is 0 Å². The minimum absolute atomic E-state index is 0.00306. The Bertz CT molecular complexity index is 237. The van der Waals surface area contributed by atoms with Gasteiger partial charge in [-0.1, -0.05) is 0 Å². The molecule has 0 aliphatic rings. The van der Waals surface area contributed by atoms with E-state index >= 15 is 0 Å². The number of hydrogen-bond acceptors (Lipinski definition) is 4. The average molecular weight is 140 g/mol. The lowest BCUT2D eigenvalue weighted by atomic mass is 10.4. The molecule has 0 bridgehead atoms. The van der Waals surface area contributed by atoms with Crippen molar-refractivity contribution in [1.82, 2.24) is 4.98 Å². The van der Waals surface area contributed by atoms with Crippen LogP contribution in [0.5, 0.6) is 11.6 Å². The van der Waals surface area contributed by atoms with E-state index in [1.54, 1.807) is 0 Å². The van der Waals surface area contributed by atoms with Gasteiger partial charge in [-0.05, 0) is 12.1 Å². The first kappa shape index (κ1) is 6.67. The van der Waals surface area contributed by atoms with Crippen molar-refractivity contribution in [2.45, 2.75) is 0 Å². The van der Waals surface area contributed by atoms with Crippen LogP contribution in [0.4, 0.5) is 5.82 Å². The summed E-state index contributed by atoms with van der Waals surface area (Å²) in [4.78, 5) is 3.70. The Labute approximate surface area is 58.3 Å². The molecule has 4 heteroatoms. The molecule has 0 saturated heterocycles. The van der Waals surface area contributed by atoms with Crippen molar-refractivity contribution in [2.75, 3.05) is 12.8 Å². The largest absolute Gasteiger partial charge is 0.503 e. The molecule has 1 rings (SSSR count). The number of ether oxygens (including phenoxy) is 1. The summed E-state index contributed by atoms with van der Waals surface area (Å²) in [5, 5.41) is 8.99. The number of pyridine rings is 1. The van der Waals surface area contributed by atoms with E-state index in [1.165, 1.54) is 19.2 Å². The van der Waals surface area contributed by atoms with Gasteiger partial charge in [-0.2, -0.15) is 4.98 Å². The molecule has 0 spiro atoms. The van der Waals surface area contributed by atoms with Crippen LogP contribution in [0.3, 0.4) is 0 Å². The highest BCUT2D eigenvalue weighted by Gasteiger charge is 2.00. The van der Waals surface area contributed by atoms with Crippen molar-refractivity contribution in [1.29, 1.82) is 0 Å². The predicted molar refractivity (Wildman–Crippen MR) is 36.9 cm³/mol. The van der Waals surface area contributed by atoms with Crippen molar-refractivity contribution in [2.24, 2.45) is 0 Å². The summed E-state index contributed by atoms with van der Waals surface area (Å²) < 4.78 is 4.68. The highest BCUT2D eigenvalue weighted by molar-refractivity contribution is 5.40. The molecule has 10 heavy (non-hydrogen) atoms. The number of hydrogen-bond donors (Lipinski definition) is 2. The topological polar surface area (TPSA) is 68.4 Å². The maximum Gasteiger partial charge on any atom is 0.258 e. The van der Waals surface area contributed by atoms with Gasteiger partial charge in [0.25, 0.3) is 5.88 Å². The Hall–Kier alpha value is -1.45. The standard InChI is InChI=1S/C6H8N2O2/c1-10-6-4(9)2-3-5(7)8-6/h2-3,9H,1H3,(H2,7,8). The van der Waals surface area contributed by atoms with Gasteiger partial charge in [0.15, 0.2) is 5.75 Å². The average Bonchev–Trinajstić information content (AvgIpc) is 1.94. The molecule has 54 valence electrons. The maximum atomic E-state index is 8.99. The zero-order chi connectivity index (χ0) is 7.56. The van der Waals surface area contributed by atoms with E-state index in [-0.39, 0.29) is 11.6 Å². The summed E-state index contributed by atoms with van der Waals surface area (Å²) in [5.41, 5.74) is 5.30. The van der Waals surface area contributed by atoms with E-state index < -0.39 is 0 Å². The molecule has 0 saturated carbocycles. The minimum atomic E-state index is -0.00306. The molecule has 0 amide bonds. The summed E-state index contributed by atoms with van der Waals surface area (Å²) in [6, 6.07) is 2.93. The van der Waals surface area contributed by atoms with Gasteiger partial charge in [-0.15, -0.1) is 0 Å². The number of aromatic hydroxyl groups is 1. The van der Waals surface area contributed by atoms with Crippen molar-refractivity contribution >= 4 is 5.82 Å². The number of aromatic nitrogens is 1. The zero-order valence-electron chi connectivity index (χ0n) is 5.53. The molecule has 0 radical (unpaired) electrons. The number of nitrogens with two attached hydrogens (primary N) is 1. The monoisotopic (exact) mass is 140 g/mol. The van der Waals surface area contributed by atoms with E-state index in [2.05, 4.69) is 9.72 Å². The lowest BCUT2D eigenvalue weighted by Gasteiger charge is -2.00. The molecule has 0 aliphatic carbocycles. The van der Waals surface area contributed by atoms with E-state index in [0.717, 1.165) is 0 Å². The zero-order valence-corrected chi connectivity index (χ0v) is 5.53. The van der Waals surface area contributed by atoms with Crippen LogP contribution < -0.4 is 10.5 Å². The fraction of sp³-hybridized carbons (Fsp3) is 0.167. The molecule has 0 unspecified atom stereocenters. The normalized spacial score (nSPS) is 9.30. The molecule has 3 N–H and O–H groups in total. The first-order chi connectivity index (χ1) is 4.74. The summed E-state index contributed by atoms with van der Waals surface area (Å²) in [7, 11) is 1.42. The smallest absolute Gasteiger partial charge is 0.258 e. The molecule has 0 aromatic carbocycles. The molecular formula is C6H8N2O2. The SMILES string of the molecule is COc1nc(N)ccc1O. The van der Waals surface area contributed by atoms with Gasteiger partial charge in [0.05, 0.1) is 7.11 Å². The number of rotatable bonds is 1. The second-order valence-corrected chi connectivity index (χ2v) is 1.76. The van der Waals surface area contributed by atoms with E-state index in [1.807, 2.05) is 0 Å². The van der Waals surface area contributed by atoms with Crippen molar-refractivity contribution in [3.05, 3.63) is 12.1 Å². The summed E-state index contributed by atoms with van der Waals surface area (Å²) in [6.45, 7) is 0. The van der Waals surface area contributed by atoms with Crippen LogP contribution in [0.15, 0.2) is 12.1 Å². The first-order valence-corrected chi connectivity index (χ1v) is 2.73. The Balaban J connectivity index is 3.09. The molecule has 4 nitrogen and oxygen atoms in total. The van der Waals surface area contributed by atoms with Gasteiger partial charge in [0.2, 0.25) is 0 Å².